The molecule has 1 rings (SSSR count). The first-order valence-electron chi connectivity index (χ1n) is 11.6. The van der Waals surface area contributed by atoms with Crippen LogP contribution in [0.1, 0.15) is 101 Å². The summed E-state index contributed by atoms with van der Waals surface area (Å²) >= 11 is 0. The molecule has 0 heterocycles. The van der Waals surface area contributed by atoms with Crippen LogP contribution >= 0.6 is 0 Å². The Labute approximate surface area is 175 Å². The SMILES string of the molecule is C=C(NCCCCCCCCC=C=CCCCCC)c1cc(C)cc(CC)c1. The molecular weight excluding hydrogens is 338 g/mol. The van der Waals surface area contributed by atoms with Crippen LogP contribution in [0.25, 0.3) is 5.70 Å². The lowest BCUT2D eigenvalue weighted by molar-refractivity contribution is 0.591. The summed E-state index contributed by atoms with van der Waals surface area (Å²) in [5, 5.41) is 3.51. The van der Waals surface area contributed by atoms with E-state index < -0.39 is 0 Å². The molecule has 0 atom stereocenters. The molecule has 0 saturated carbocycles. The molecule has 1 nitrogen and oxygen atoms in total. The van der Waals surface area contributed by atoms with Gasteiger partial charge < -0.3 is 5.32 Å². The average Bonchev–Trinajstić information content (AvgIpc) is 2.70. The van der Waals surface area contributed by atoms with Crippen LogP contribution in [0.4, 0.5) is 0 Å². The highest BCUT2D eigenvalue weighted by Crippen LogP contribution is 2.16. The maximum absolute atomic E-state index is 4.22. The number of nitrogens with one attached hydrogen (secondary N) is 1. The van der Waals surface area contributed by atoms with Crippen LogP contribution in [0.15, 0.2) is 42.7 Å². The molecule has 28 heavy (non-hydrogen) atoms. The molecule has 0 fully saturated rings. The molecule has 0 radical (unpaired) electrons. The van der Waals surface area contributed by atoms with Gasteiger partial charge in [0.1, 0.15) is 0 Å². The topological polar surface area (TPSA) is 12.0 Å². The zero-order valence-electron chi connectivity index (χ0n) is 18.8. The standard InChI is InChI=1S/C27H43N/c1-5-7-8-9-10-11-12-13-14-15-16-17-18-19-20-28-25(4)27-22-24(3)21-26(6-2)23-27/h10,12,21-23,28H,4-9,13-20H2,1-3H3. The Morgan fingerprint density at radius 2 is 1.54 bits per heavy atom. The van der Waals surface area contributed by atoms with Crippen molar-refractivity contribution in [3.63, 3.8) is 0 Å². The summed E-state index contributed by atoms with van der Waals surface area (Å²) in [6.07, 6.45) is 19.7. The predicted octanol–water partition coefficient (Wildman–Crippen LogP) is 8.14. The number of unbranched alkanes of at least 4 members (excludes halogenated alkanes) is 9. The molecule has 0 amide bonds. The van der Waals surface area contributed by atoms with Crippen molar-refractivity contribution in [3.05, 3.63) is 59.4 Å². The second-order valence-corrected chi connectivity index (χ2v) is 7.95. The molecule has 0 aromatic heterocycles. The molecule has 0 saturated heterocycles. The molecule has 156 valence electrons. The fraction of sp³-hybridized carbons (Fsp3) is 0.593. The van der Waals surface area contributed by atoms with Gasteiger partial charge in [-0.15, -0.1) is 5.73 Å². The molecule has 1 aromatic carbocycles. The maximum atomic E-state index is 4.22. The minimum Gasteiger partial charge on any atom is -0.385 e. The largest absolute Gasteiger partial charge is 0.385 e. The Morgan fingerprint density at radius 1 is 0.893 bits per heavy atom. The number of rotatable bonds is 16. The molecule has 0 aliphatic rings. The third-order valence-corrected chi connectivity index (χ3v) is 5.20. The molecule has 0 aliphatic heterocycles. The Bertz CT molecular complexity index is 605. The van der Waals surface area contributed by atoms with Crippen LogP contribution in [-0.4, -0.2) is 6.54 Å². The Balaban J connectivity index is 2.01. The van der Waals surface area contributed by atoms with Crippen molar-refractivity contribution in [1.29, 1.82) is 0 Å². The van der Waals surface area contributed by atoms with Gasteiger partial charge in [0.15, 0.2) is 0 Å². The zero-order chi connectivity index (χ0) is 20.5. The zero-order valence-corrected chi connectivity index (χ0v) is 18.8. The van der Waals surface area contributed by atoms with Crippen LogP contribution in [0.3, 0.4) is 0 Å². The third kappa shape index (κ3) is 11.9. The van der Waals surface area contributed by atoms with E-state index in [-0.39, 0.29) is 0 Å². The van der Waals surface area contributed by atoms with Crippen molar-refractivity contribution in [3.8, 4) is 0 Å². The van der Waals surface area contributed by atoms with Crippen molar-refractivity contribution in [2.24, 2.45) is 0 Å². The highest BCUT2D eigenvalue weighted by Gasteiger charge is 2.01. The van der Waals surface area contributed by atoms with E-state index in [1.807, 2.05) is 0 Å². The number of benzene rings is 1. The van der Waals surface area contributed by atoms with Gasteiger partial charge >= 0.3 is 0 Å². The van der Waals surface area contributed by atoms with Gasteiger partial charge in [-0.05, 0) is 80.9 Å². The normalized spacial score (nSPS) is 10.4. The molecule has 0 bridgehead atoms. The Hall–Kier alpha value is -1.72. The first kappa shape index (κ1) is 24.3. The van der Waals surface area contributed by atoms with Gasteiger partial charge in [-0.3, -0.25) is 0 Å². The fourth-order valence-electron chi connectivity index (χ4n) is 3.41. The number of hydrogen-bond acceptors (Lipinski definition) is 1. The van der Waals surface area contributed by atoms with E-state index in [1.54, 1.807) is 0 Å². The van der Waals surface area contributed by atoms with Gasteiger partial charge in [0.2, 0.25) is 0 Å². The second-order valence-electron chi connectivity index (χ2n) is 7.95. The van der Waals surface area contributed by atoms with Crippen molar-refractivity contribution in [1.82, 2.24) is 5.32 Å². The maximum Gasteiger partial charge on any atom is 0.0340 e. The summed E-state index contributed by atoms with van der Waals surface area (Å²) in [5.74, 6) is 0. The van der Waals surface area contributed by atoms with Crippen molar-refractivity contribution < 1.29 is 0 Å². The molecule has 1 heteroatoms. The van der Waals surface area contributed by atoms with Gasteiger partial charge in [0.05, 0.1) is 0 Å². The fourth-order valence-corrected chi connectivity index (χ4v) is 3.41. The van der Waals surface area contributed by atoms with Gasteiger partial charge in [0, 0.05) is 12.2 Å². The molecule has 1 N–H and O–H groups in total. The van der Waals surface area contributed by atoms with Crippen LogP contribution in [0.5, 0.6) is 0 Å². The smallest absolute Gasteiger partial charge is 0.0340 e. The van der Waals surface area contributed by atoms with E-state index in [0.29, 0.717) is 0 Å². The minimum absolute atomic E-state index is 1.03. The lowest BCUT2D eigenvalue weighted by Crippen LogP contribution is -2.13. The lowest BCUT2D eigenvalue weighted by Gasteiger charge is -2.12. The van der Waals surface area contributed by atoms with E-state index in [4.69, 9.17) is 0 Å². The summed E-state index contributed by atoms with van der Waals surface area (Å²) < 4.78 is 0. The second kappa shape index (κ2) is 16.3. The van der Waals surface area contributed by atoms with E-state index in [9.17, 15) is 0 Å². The average molecular weight is 382 g/mol. The number of aryl methyl sites for hydroxylation is 2. The van der Waals surface area contributed by atoms with Gasteiger partial charge in [0.25, 0.3) is 0 Å². The van der Waals surface area contributed by atoms with E-state index in [0.717, 1.165) is 18.7 Å². The molecule has 0 aliphatic carbocycles. The first-order chi connectivity index (χ1) is 13.7. The Kier molecular flexibility index (Phi) is 14.1. The summed E-state index contributed by atoms with van der Waals surface area (Å²) in [7, 11) is 0. The first-order valence-corrected chi connectivity index (χ1v) is 11.6. The summed E-state index contributed by atoms with van der Waals surface area (Å²) in [6.45, 7) is 11.9. The highest BCUT2D eigenvalue weighted by molar-refractivity contribution is 5.63. The molecule has 1 aromatic rings. The van der Waals surface area contributed by atoms with Crippen LogP contribution in [0.2, 0.25) is 0 Å². The van der Waals surface area contributed by atoms with Gasteiger partial charge in [-0.2, -0.15) is 0 Å². The molecular formula is C27H43N. The summed E-state index contributed by atoms with van der Waals surface area (Å²) in [4.78, 5) is 0. The lowest BCUT2D eigenvalue weighted by atomic mass is 10.0. The van der Waals surface area contributed by atoms with Gasteiger partial charge in [-0.1, -0.05) is 70.6 Å². The van der Waals surface area contributed by atoms with Crippen molar-refractivity contribution in [2.75, 3.05) is 6.54 Å². The third-order valence-electron chi connectivity index (χ3n) is 5.20. The van der Waals surface area contributed by atoms with Crippen molar-refractivity contribution in [2.45, 2.75) is 97.8 Å². The van der Waals surface area contributed by atoms with E-state index in [1.165, 1.54) is 87.3 Å². The quantitative estimate of drug-likeness (QED) is 0.225. The van der Waals surface area contributed by atoms with E-state index in [2.05, 4.69) is 68.7 Å². The van der Waals surface area contributed by atoms with Gasteiger partial charge in [-0.25, -0.2) is 0 Å². The van der Waals surface area contributed by atoms with Crippen LogP contribution in [-0.2, 0) is 6.42 Å². The highest BCUT2D eigenvalue weighted by atomic mass is 14.9. The van der Waals surface area contributed by atoms with E-state index >= 15 is 0 Å². The number of allylic oxidation sites excluding steroid dienone is 1. The Morgan fingerprint density at radius 3 is 2.21 bits per heavy atom. The summed E-state index contributed by atoms with van der Waals surface area (Å²) in [5.41, 5.74) is 8.34. The molecule has 0 unspecified atom stereocenters. The summed E-state index contributed by atoms with van der Waals surface area (Å²) in [6, 6.07) is 6.75. The minimum atomic E-state index is 1.03. The number of hydrogen-bond donors (Lipinski definition) is 1. The monoisotopic (exact) mass is 381 g/mol. The molecule has 0 spiro atoms. The van der Waals surface area contributed by atoms with Crippen LogP contribution in [0, 0.1) is 6.92 Å². The van der Waals surface area contributed by atoms with Crippen molar-refractivity contribution >= 4 is 5.70 Å². The van der Waals surface area contributed by atoms with Crippen LogP contribution < -0.4 is 5.32 Å². The predicted molar refractivity (Wildman–Crippen MR) is 127 cm³/mol.